The average Bonchev–Trinajstić information content (AvgIpc) is 2.58. The first kappa shape index (κ1) is 16.1. The van der Waals surface area contributed by atoms with Crippen LogP contribution in [0.1, 0.15) is 35.7 Å². The van der Waals surface area contributed by atoms with Crippen molar-refractivity contribution in [3.05, 3.63) is 53.6 Å². The van der Waals surface area contributed by atoms with Crippen molar-refractivity contribution in [3.63, 3.8) is 0 Å². The molecule has 24 heavy (non-hydrogen) atoms. The lowest BCUT2D eigenvalue weighted by Gasteiger charge is -2.27. The molecule has 0 radical (unpaired) electrons. The number of likely N-dealkylation sites (N-methyl/N-ethyl adjacent to an activating group) is 1. The van der Waals surface area contributed by atoms with E-state index in [2.05, 4.69) is 19.2 Å². The van der Waals surface area contributed by atoms with E-state index in [1.54, 1.807) is 25.2 Å². The first-order valence-electron chi connectivity index (χ1n) is 7.91. The highest BCUT2D eigenvalue weighted by Gasteiger charge is 2.26. The van der Waals surface area contributed by atoms with Crippen LogP contribution in [0.2, 0.25) is 0 Å². The van der Waals surface area contributed by atoms with Gasteiger partial charge in [-0.15, -0.1) is 0 Å². The van der Waals surface area contributed by atoms with Gasteiger partial charge in [-0.2, -0.15) is 0 Å². The normalized spacial score (nSPS) is 13.5. The Morgan fingerprint density at radius 2 is 1.92 bits per heavy atom. The molecule has 0 atom stereocenters. The smallest absolute Gasteiger partial charge is 0.264 e. The summed E-state index contributed by atoms with van der Waals surface area (Å²) in [4.78, 5) is 26.0. The molecule has 5 heteroatoms. The molecule has 3 rings (SSSR count). The minimum atomic E-state index is -0.248. The first-order chi connectivity index (χ1) is 11.5. The predicted molar refractivity (Wildman–Crippen MR) is 93.8 cm³/mol. The Labute approximate surface area is 141 Å². The van der Waals surface area contributed by atoms with Crippen molar-refractivity contribution in [3.8, 4) is 5.75 Å². The summed E-state index contributed by atoms with van der Waals surface area (Å²) in [5.74, 6) is 0.359. The van der Waals surface area contributed by atoms with Crippen LogP contribution < -0.4 is 15.0 Å². The molecule has 1 aliphatic rings. The van der Waals surface area contributed by atoms with Crippen LogP contribution in [-0.4, -0.2) is 25.5 Å². The third-order valence-electron chi connectivity index (χ3n) is 4.15. The fourth-order valence-electron chi connectivity index (χ4n) is 2.79. The van der Waals surface area contributed by atoms with E-state index >= 15 is 0 Å². The molecule has 0 aliphatic carbocycles. The summed E-state index contributed by atoms with van der Waals surface area (Å²) in [6.45, 7) is 4.11. The maximum Gasteiger partial charge on any atom is 0.264 e. The summed E-state index contributed by atoms with van der Waals surface area (Å²) in [5.41, 5.74) is 2.89. The van der Waals surface area contributed by atoms with Crippen molar-refractivity contribution < 1.29 is 14.3 Å². The molecule has 0 fully saturated rings. The standard InChI is InChI=1S/C19H20N2O3/c1-12(2)13-7-4-5-9-15(13)20-19(23)14-8-6-10-16-18(14)24-11-17(22)21(16)3/h4-10,12H,11H2,1-3H3,(H,20,23). The third-order valence-corrected chi connectivity index (χ3v) is 4.15. The van der Waals surface area contributed by atoms with Gasteiger partial charge >= 0.3 is 0 Å². The molecular weight excluding hydrogens is 304 g/mol. The zero-order valence-electron chi connectivity index (χ0n) is 14.0. The molecule has 0 saturated heterocycles. The van der Waals surface area contributed by atoms with Crippen LogP contribution >= 0.6 is 0 Å². The van der Waals surface area contributed by atoms with E-state index in [9.17, 15) is 9.59 Å². The fraction of sp³-hybridized carbons (Fsp3) is 0.263. The van der Waals surface area contributed by atoms with Gasteiger partial charge in [-0.05, 0) is 29.7 Å². The highest BCUT2D eigenvalue weighted by Crippen LogP contribution is 2.35. The Morgan fingerprint density at radius 3 is 2.67 bits per heavy atom. The number of nitrogens with one attached hydrogen (secondary N) is 1. The van der Waals surface area contributed by atoms with Crippen LogP contribution in [-0.2, 0) is 4.79 Å². The third kappa shape index (κ3) is 2.85. The molecule has 0 aromatic heterocycles. The summed E-state index contributed by atoms with van der Waals surface area (Å²) < 4.78 is 5.52. The Morgan fingerprint density at radius 1 is 1.17 bits per heavy atom. The second-order valence-electron chi connectivity index (χ2n) is 6.09. The van der Waals surface area contributed by atoms with Crippen molar-refractivity contribution in [1.29, 1.82) is 0 Å². The van der Waals surface area contributed by atoms with E-state index < -0.39 is 0 Å². The number of amides is 2. The maximum atomic E-state index is 12.8. The molecule has 0 unspecified atom stereocenters. The number of benzene rings is 2. The Balaban J connectivity index is 1.94. The number of rotatable bonds is 3. The molecule has 1 aliphatic heterocycles. The zero-order valence-corrected chi connectivity index (χ0v) is 14.0. The molecule has 0 saturated carbocycles. The van der Waals surface area contributed by atoms with Crippen LogP contribution in [0.5, 0.6) is 5.75 Å². The summed E-state index contributed by atoms with van der Waals surface area (Å²) in [5, 5.41) is 2.96. The number of para-hydroxylation sites is 2. The van der Waals surface area contributed by atoms with Crippen LogP contribution in [0.3, 0.4) is 0 Å². The molecule has 1 heterocycles. The van der Waals surface area contributed by atoms with Gasteiger partial charge in [-0.1, -0.05) is 38.1 Å². The number of anilines is 2. The monoisotopic (exact) mass is 324 g/mol. The molecular formula is C19H20N2O3. The van der Waals surface area contributed by atoms with Crippen LogP contribution in [0.15, 0.2) is 42.5 Å². The second-order valence-corrected chi connectivity index (χ2v) is 6.09. The molecule has 2 aromatic rings. The number of hydrogen-bond acceptors (Lipinski definition) is 3. The van der Waals surface area contributed by atoms with Crippen LogP contribution in [0.4, 0.5) is 11.4 Å². The quantitative estimate of drug-likeness (QED) is 0.941. The minimum Gasteiger partial charge on any atom is -0.481 e. The van der Waals surface area contributed by atoms with Gasteiger partial charge in [0, 0.05) is 12.7 Å². The number of carbonyl (C=O) groups is 2. The highest BCUT2D eigenvalue weighted by atomic mass is 16.5. The van der Waals surface area contributed by atoms with E-state index in [0.717, 1.165) is 11.3 Å². The lowest BCUT2D eigenvalue weighted by atomic mass is 10.0. The Kier molecular flexibility index (Phi) is 4.25. The highest BCUT2D eigenvalue weighted by molar-refractivity contribution is 6.09. The van der Waals surface area contributed by atoms with Gasteiger partial charge in [0.25, 0.3) is 11.8 Å². The van der Waals surface area contributed by atoms with E-state index in [1.807, 2.05) is 24.3 Å². The fourth-order valence-corrected chi connectivity index (χ4v) is 2.79. The lowest BCUT2D eigenvalue weighted by molar-refractivity contribution is -0.121. The van der Waals surface area contributed by atoms with Crippen molar-refractivity contribution in [2.24, 2.45) is 0 Å². The van der Waals surface area contributed by atoms with Gasteiger partial charge < -0.3 is 15.0 Å². The van der Waals surface area contributed by atoms with E-state index in [-0.39, 0.29) is 18.4 Å². The van der Waals surface area contributed by atoms with Crippen molar-refractivity contribution in [2.45, 2.75) is 19.8 Å². The van der Waals surface area contributed by atoms with Crippen molar-refractivity contribution in [2.75, 3.05) is 23.9 Å². The minimum absolute atomic E-state index is 0.0592. The summed E-state index contributed by atoms with van der Waals surface area (Å²) in [6, 6.07) is 13.0. The maximum absolute atomic E-state index is 12.8. The second kappa shape index (κ2) is 6.35. The van der Waals surface area contributed by atoms with Gasteiger partial charge in [0.15, 0.2) is 12.4 Å². The Bertz CT molecular complexity index is 799. The molecule has 124 valence electrons. The van der Waals surface area contributed by atoms with Gasteiger partial charge in [-0.3, -0.25) is 9.59 Å². The van der Waals surface area contributed by atoms with Crippen molar-refractivity contribution >= 4 is 23.2 Å². The molecule has 2 amide bonds. The van der Waals surface area contributed by atoms with Crippen molar-refractivity contribution in [1.82, 2.24) is 0 Å². The average molecular weight is 324 g/mol. The van der Waals surface area contributed by atoms with Crippen LogP contribution in [0.25, 0.3) is 0 Å². The molecule has 2 aromatic carbocycles. The predicted octanol–water partition coefficient (Wildman–Crippen LogP) is 3.42. The molecule has 0 bridgehead atoms. The topological polar surface area (TPSA) is 58.6 Å². The molecule has 1 N–H and O–H groups in total. The summed E-state index contributed by atoms with van der Waals surface area (Å²) >= 11 is 0. The lowest BCUT2D eigenvalue weighted by Crippen LogP contribution is -2.36. The van der Waals surface area contributed by atoms with E-state index in [4.69, 9.17) is 4.74 Å². The molecule has 0 spiro atoms. The number of nitrogens with zero attached hydrogens (tertiary/aromatic N) is 1. The SMILES string of the molecule is CC(C)c1ccccc1NC(=O)c1cccc2c1OCC(=O)N2C. The molecule has 5 nitrogen and oxygen atoms in total. The van der Waals surface area contributed by atoms with E-state index in [1.165, 1.54) is 4.90 Å². The first-order valence-corrected chi connectivity index (χ1v) is 7.91. The zero-order chi connectivity index (χ0) is 17.3. The van der Waals surface area contributed by atoms with E-state index in [0.29, 0.717) is 22.9 Å². The number of carbonyl (C=O) groups excluding carboxylic acids is 2. The largest absolute Gasteiger partial charge is 0.481 e. The summed E-state index contributed by atoms with van der Waals surface area (Å²) in [6.07, 6.45) is 0. The van der Waals surface area contributed by atoms with Gasteiger partial charge in [0.2, 0.25) is 0 Å². The van der Waals surface area contributed by atoms with Crippen LogP contribution in [0, 0.1) is 0 Å². The number of fused-ring (bicyclic) bond motifs is 1. The van der Waals surface area contributed by atoms with Gasteiger partial charge in [-0.25, -0.2) is 0 Å². The number of ether oxygens (including phenoxy) is 1. The van der Waals surface area contributed by atoms with Gasteiger partial charge in [0.05, 0.1) is 11.3 Å². The number of hydrogen-bond donors (Lipinski definition) is 1. The Hall–Kier alpha value is -2.82. The summed E-state index contributed by atoms with van der Waals surface area (Å²) in [7, 11) is 1.68. The van der Waals surface area contributed by atoms with Gasteiger partial charge in [0.1, 0.15) is 0 Å².